The second-order valence-electron chi connectivity index (χ2n) is 12.4. The molecule has 11 N–H and O–H groups in total. The first-order chi connectivity index (χ1) is 22.4. The number of aliphatic hydroxyl groups is 10. The molecule has 1 fully saturated rings. The molecule has 2 aliphatic heterocycles. The highest BCUT2D eigenvalue weighted by Gasteiger charge is 2.37. The van der Waals surface area contributed by atoms with Crippen LogP contribution in [-0.4, -0.2) is 194 Å². The molecular weight excluding hydrogens is 618 g/mol. The average molecular weight is 674 g/mol. The van der Waals surface area contributed by atoms with Crippen LogP contribution in [0.4, 0.5) is 11.4 Å². The van der Waals surface area contributed by atoms with Crippen LogP contribution in [0.1, 0.15) is 37.0 Å². The molecular formula is C31H55N5O11. The second kappa shape index (κ2) is 18.5. The summed E-state index contributed by atoms with van der Waals surface area (Å²) in [5, 5.41) is 103. The van der Waals surface area contributed by atoms with Crippen LogP contribution in [0.15, 0.2) is 18.2 Å². The van der Waals surface area contributed by atoms with Gasteiger partial charge in [0.25, 0.3) is 5.91 Å². The minimum atomic E-state index is -1.85. The lowest BCUT2D eigenvalue weighted by molar-refractivity contribution is -0.134. The van der Waals surface area contributed by atoms with E-state index in [1.165, 1.54) is 0 Å². The lowest BCUT2D eigenvalue weighted by atomic mass is 9.97. The number of hydrogen-bond donors (Lipinski definition) is 11. The largest absolute Gasteiger partial charge is 0.394 e. The van der Waals surface area contributed by atoms with Gasteiger partial charge in [0.1, 0.15) is 36.6 Å². The van der Waals surface area contributed by atoms with Gasteiger partial charge in [-0.1, -0.05) is 0 Å². The fourth-order valence-corrected chi connectivity index (χ4v) is 6.22. The molecule has 1 aromatic carbocycles. The Kier molecular flexibility index (Phi) is 15.5. The van der Waals surface area contributed by atoms with Gasteiger partial charge >= 0.3 is 0 Å². The maximum atomic E-state index is 13.0. The van der Waals surface area contributed by atoms with Crippen molar-refractivity contribution in [2.45, 2.75) is 81.6 Å². The van der Waals surface area contributed by atoms with Crippen molar-refractivity contribution >= 4 is 17.3 Å². The molecule has 0 aromatic heterocycles. The van der Waals surface area contributed by atoms with E-state index in [0.717, 1.165) is 31.1 Å². The van der Waals surface area contributed by atoms with Gasteiger partial charge in [-0.25, -0.2) is 0 Å². The molecule has 47 heavy (non-hydrogen) atoms. The van der Waals surface area contributed by atoms with E-state index in [9.17, 15) is 45.6 Å². The molecule has 0 aliphatic carbocycles. The first-order valence-electron chi connectivity index (χ1n) is 16.4. The molecule has 270 valence electrons. The number of carbonyl (C=O) groups is 1. The van der Waals surface area contributed by atoms with E-state index in [2.05, 4.69) is 33.9 Å². The number of likely N-dealkylation sites (tertiary alicyclic amines) is 1. The Bertz CT molecular complexity index is 1070. The van der Waals surface area contributed by atoms with E-state index in [-0.39, 0.29) is 25.0 Å². The molecule has 16 nitrogen and oxygen atoms in total. The van der Waals surface area contributed by atoms with Crippen molar-refractivity contribution in [2.75, 3.05) is 82.0 Å². The lowest BCUT2D eigenvalue weighted by Crippen LogP contribution is -2.56. The summed E-state index contributed by atoms with van der Waals surface area (Å²) in [4.78, 5) is 21.2. The number of aliphatic hydroxyl groups excluding tert-OH is 10. The minimum Gasteiger partial charge on any atom is -0.394 e. The molecule has 2 aliphatic rings. The number of nitrogens with one attached hydrogen (secondary N) is 1. The standard InChI is InChI=1S/C31H55N5O11/c1-3-34-18-35(4-2)22-13-19(5-6-21(22)34)31(47)32-9-12-33-10-7-20(8-11-33)36(14-23(39)27(43)29(45)25(41)16-37)15-24(40)28(44)30(46)26(42)17-38/h5-6,13,20,23-30,37-46H,3-4,7-12,14-18H2,1-2H3,(H,32,47)/t23-,24-,25+,26+,27+,28+,29+,30+/m0/s1. The van der Waals surface area contributed by atoms with Crippen LogP contribution in [0.5, 0.6) is 0 Å². The van der Waals surface area contributed by atoms with Crippen molar-refractivity contribution < 1.29 is 55.9 Å². The number of benzene rings is 1. The molecule has 0 bridgehead atoms. The number of hydrogen-bond acceptors (Lipinski definition) is 15. The van der Waals surface area contributed by atoms with Gasteiger partial charge in [0.05, 0.1) is 43.5 Å². The van der Waals surface area contributed by atoms with Crippen LogP contribution in [0.25, 0.3) is 0 Å². The summed E-state index contributed by atoms with van der Waals surface area (Å²) in [6.07, 6.45) is -12.9. The zero-order valence-electron chi connectivity index (χ0n) is 27.3. The first kappa shape index (κ1) is 39.3. The van der Waals surface area contributed by atoms with E-state index in [1.807, 2.05) is 18.2 Å². The van der Waals surface area contributed by atoms with Crippen LogP contribution in [0, 0.1) is 0 Å². The zero-order chi connectivity index (χ0) is 34.8. The Morgan fingerprint density at radius 2 is 1.28 bits per heavy atom. The molecule has 1 aromatic rings. The predicted molar refractivity (Wildman–Crippen MR) is 173 cm³/mol. The molecule has 1 saturated heterocycles. The fourth-order valence-electron chi connectivity index (χ4n) is 6.22. The third-order valence-corrected chi connectivity index (χ3v) is 9.30. The number of nitrogens with zero attached hydrogens (tertiary/aromatic N) is 4. The van der Waals surface area contributed by atoms with Gasteiger partial charge in [0, 0.05) is 50.9 Å². The summed E-state index contributed by atoms with van der Waals surface area (Å²) < 4.78 is 0. The summed E-state index contributed by atoms with van der Waals surface area (Å²) in [6, 6.07) is 5.46. The van der Waals surface area contributed by atoms with Gasteiger partial charge in [-0.2, -0.15) is 0 Å². The number of carbonyl (C=O) groups excluding carboxylic acids is 1. The zero-order valence-corrected chi connectivity index (χ0v) is 27.3. The van der Waals surface area contributed by atoms with Crippen molar-refractivity contribution in [3.05, 3.63) is 23.8 Å². The van der Waals surface area contributed by atoms with Crippen molar-refractivity contribution in [1.82, 2.24) is 15.1 Å². The predicted octanol–water partition coefficient (Wildman–Crippen LogP) is -4.32. The number of anilines is 2. The van der Waals surface area contributed by atoms with Crippen LogP contribution < -0.4 is 15.1 Å². The molecule has 0 saturated carbocycles. The Labute approximate surface area is 275 Å². The van der Waals surface area contributed by atoms with Crippen molar-refractivity contribution in [1.29, 1.82) is 0 Å². The van der Waals surface area contributed by atoms with Crippen LogP contribution in [0.3, 0.4) is 0 Å². The number of piperidine rings is 1. The topological polar surface area (TPSA) is 244 Å². The summed E-state index contributed by atoms with van der Waals surface area (Å²) in [6.45, 7) is 6.57. The quantitative estimate of drug-likeness (QED) is 0.0665. The van der Waals surface area contributed by atoms with E-state index in [1.54, 1.807) is 4.90 Å². The van der Waals surface area contributed by atoms with E-state index < -0.39 is 62.0 Å². The summed E-state index contributed by atoms with van der Waals surface area (Å²) >= 11 is 0. The monoisotopic (exact) mass is 673 g/mol. The molecule has 0 unspecified atom stereocenters. The van der Waals surface area contributed by atoms with E-state index in [0.29, 0.717) is 44.6 Å². The third-order valence-electron chi connectivity index (χ3n) is 9.30. The van der Waals surface area contributed by atoms with Crippen molar-refractivity contribution in [2.24, 2.45) is 0 Å². The summed E-state index contributed by atoms with van der Waals surface area (Å²) in [7, 11) is 0. The van der Waals surface area contributed by atoms with Gasteiger partial charge in [0.2, 0.25) is 0 Å². The van der Waals surface area contributed by atoms with Gasteiger partial charge in [0.15, 0.2) is 0 Å². The fraction of sp³-hybridized carbons (Fsp3) is 0.774. The molecule has 16 heteroatoms. The minimum absolute atomic E-state index is 0.165. The normalized spacial score (nSPS) is 21.2. The van der Waals surface area contributed by atoms with Gasteiger partial charge in [-0.15, -0.1) is 0 Å². The van der Waals surface area contributed by atoms with Crippen LogP contribution in [0.2, 0.25) is 0 Å². The first-order valence-corrected chi connectivity index (χ1v) is 16.4. The smallest absolute Gasteiger partial charge is 0.251 e. The van der Waals surface area contributed by atoms with Gasteiger partial charge in [-0.3, -0.25) is 9.69 Å². The van der Waals surface area contributed by atoms with Gasteiger partial charge < -0.3 is 71.1 Å². The van der Waals surface area contributed by atoms with E-state index in [4.69, 9.17) is 10.2 Å². The maximum absolute atomic E-state index is 13.0. The molecule has 0 spiro atoms. The Hall–Kier alpha value is -2.19. The molecule has 2 heterocycles. The van der Waals surface area contributed by atoms with Crippen LogP contribution >= 0.6 is 0 Å². The Balaban J connectivity index is 1.57. The lowest BCUT2D eigenvalue weighted by Gasteiger charge is -2.41. The molecule has 3 rings (SSSR count). The SMILES string of the molecule is CCN1CN(CC)c2cc(C(=O)NCCN3CCC(N(C[C@H](O)[C@@H](O)[C@H](O)[C@H](O)CO)C[C@H](O)[C@@H](O)[C@H](O)[C@H](O)CO)CC3)ccc21. The summed E-state index contributed by atoms with van der Waals surface area (Å²) in [5.74, 6) is -0.165. The number of amides is 1. The number of fused-ring (bicyclic) bond motifs is 1. The average Bonchev–Trinajstić information content (AvgIpc) is 3.46. The summed E-state index contributed by atoms with van der Waals surface area (Å²) in [5.41, 5.74) is 2.75. The highest BCUT2D eigenvalue weighted by Crippen LogP contribution is 2.36. The second-order valence-corrected chi connectivity index (χ2v) is 12.4. The van der Waals surface area contributed by atoms with Gasteiger partial charge in [-0.05, 0) is 58.0 Å². The Morgan fingerprint density at radius 1 is 0.787 bits per heavy atom. The third kappa shape index (κ3) is 10.2. The van der Waals surface area contributed by atoms with Crippen molar-refractivity contribution in [3.63, 3.8) is 0 Å². The molecule has 1 amide bonds. The van der Waals surface area contributed by atoms with Crippen molar-refractivity contribution in [3.8, 4) is 0 Å². The van der Waals surface area contributed by atoms with Crippen LogP contribution in [-0.2, 0) is 0 Å². The van der Waals surface area contributed by atoms with E-state index >= 15 is 0 Å². The maximum Gasteiger partial charge on any atom is 0.251 e. The highest BCUT2D eigenvalue weighted by atomic mass is 16.4. The number of rotatable bonds is 19. The molecule has 8 atom stereocenters. The Morgan fingerprint density at radius 3 is 1.77 bits per heavy atom. The molecule has 0 radical (unpaired) electrons. The highest BCUT2D eigenvalue weighted by molar-refractivity contribution is 5.97.